The van der Waals surface area contributed by atoms with Gasteiger partial charge in [0.05, 0.1) is 5.92 Å². The lowest BCUT2D eigenvalue weighted by Gasteiger charge is -2.30. The smallest absolute Gasteiger partial charge is 0.308 e. The molecule has 0 spiro atoms. The number of nitrogens with one attached hydrogen (secondary N) is 2. The summed E-state index contributed by atoms with van der Waals surface area (Å²) in [4.78, 5) is 23.6. The molecular formula is C14H20N2O3. The summed E-state index contributed by atoms with van der Waals surface area (Å²) >= 11 is 0. The van der Waals surface area contributed by atoms with E-state index < -0.39 is 5.97 Å². The van der Waals surface area contributed by atoms with Crippen LogP contribution in [0.25, 0.3) is 0 Å². The second-order valence-electron chi connectivity index (χ2n) is 6.03. The van der Waals surface area contributed by atoms with Crippen LogP contribution in [-0.4, -0.2) is 36.1 Å². The molecule has 3 rings (SSSR count). The summed E-state index contributed by atoms with van der Waals surface area (Å²) in [7, 11) is 0. The van der Waals surface area contributed by atoms with Gasteiger partial charge in [-0.05, 0) is 43.6 Å². The van der Waals surface area contributed by atoms with Crippen LogP contribution in [0.15, 0.2) is 11.1 Å². The van der Waals surface area contributed by atoms with E-state index in [4.69, 9.17) is 0 Å². The Morgan fingerprint density at radius 3 is 2.53 bits per heavy atom. The highest BCUT2D eigenvalue weighted by atomic mass is 16.4. The Morgan fingerprint density at radius 1 is 1.26 bits per heavy atom. The fourth-order valence-electron chi connectivity index (χ4n) is 3.79. The van der Waals surface area contributed by atoms with Gasteiger partial charge in [-0.3, -0.25) is 9.59 Å². The van der Waals surface area contributed by atoms with E-state index in [1.807, 2.05) is 6.92 Å². The standard InChI is InChI=1S/C14H20N2O3/c1-7(10-5-15-6-10)13(17)16-12-9-3-2-8(4-9)11(12)14(18)19/h8-9,11-12,15H,2-6H2,1H3,(H,16,17)(H,18,19). The van der Waals surface area contributed by atoms with Crippen LogP contribution in [0.4, 0.5) is 0 Å². The van der Waals surface area contributed by atoms with Gasteiger partial charge in [-0.2, -0.15) is 0 Å². The second kappa shape index (κ2) is 4.63. The Morgan fingerprint density at radius 2 is 1.95 bits per heavy atom. The predicted molar refractivity (Wildman–Crippen MR) is 69.5 cm³/mol. The second-order valence-corrected chi connectivity index (χ2v) is 6.03. The zero-order chi connectivity index (χ0) is 13.6. The van der Waals surface area contributed by atoms with Gasteiger partial charge in [-0.1, -0.05) is 0 Å². The summed E-state index contributed by atoms with van der Waals surface area (Å²) in [6, 6.07) is -0.174. The number of carboxylic acids is 1. The highest BCUT2D eigenvalue weighted by Crippen LogP contribution is 2.48. The van der Waals surface area contributed by atoms with E-state index in [0.29, 0.717) is 5.92 Å². The van der Waals surface area contributed by atoms with Crippen LogP contribution in [0, 0.1) is 17.8 Å². The number of carboxylic acid groups (broad SMARTS) is 1. The number of fused-ring (bicyclic) bond motifs is 2. The first-order chi connectivity index (χ1) is 9.08. The zero-order valence-electron chi connectivity index (χ0n) is 11.1. The molecule has 104 valence electrons. The first-order valence-corrected chi connectivity index (χ1v) is 7.01. The lowest BCUT2D eigenvalue weighted by Crippen LogP contribution is -2.48. The van der Waals surface area contributed by atoms with Crippen LogP contribution in [0.2, 0.25) is 0 Å². The van der Waals surface area contributed by atoms with Gasteiger partial charge in [0.15, 0.2) is 0 Å². The maximum Gasteiger partial charge on any atom is 0.308 e. The largest absolute Gasteiger partial charge is 0.481 e. The molecule has 1 amide bonds. The van der Waals surface area contributed by atoms with Gasteiger partial charge in [0.2, 0.25) is 5.91 Å². The molecular weight excluding hydrogens is 244 g/mol. The molecule has 19 heavy (non-hydrogen) atoms. The fourth-order valence-corrected chi connectivity index (χ4v) is 3.79. The molecule has 3 aliphatic rings. The summed E-state index contributed by atoms with van der Waals surface area (Å²) < 4.78 is 0. The minimum Gasteiger partial charge on any atom is -0.481 e. The normalized spacial score (nSPS) is 35.9. The summed E-state index contributed by atoms with van der Waals surface area (Å²) in [5.41, 5.74) is 1.89. The summed E-state index contributed by atoms with van der Waals surface area (Å²) in [5.74, 6) is -0.619. The van der Waals surface area contributed by atoms with E-state index in [1.54, 1.807) is 0 Å². The molecule has 4 atom stereocenters. The summed E-state index contributed by atoms with van der Waals surface area (Å²) in [6.07, 6.45) is 3.01. The molecule has 2 bridgehead atoms. The average Bonchev–Trinajstić information content (AvgIpc) is 2.86. The van der Waals surface area contributed by atoms with Crippen molar-refractivity contribution in [1.82, 2.24) is 10.6 Å². The van der Waals surface area contributed by atoms with Crippen LogP contribution in [-0.2, 0) is 9.59 Å². The van der Waals surface area contributed by atoms with Crippen LogP contribution in [0.5, 0.6) is 0 Å². The van der Waals surface area contributed by atoms with Gasteiger partial charge in [0, 0.05) is 24.7 Å². The Hall–Kier alpha value is -1.36. The molecule has 5 nitrogen and oxygen atoms in total. The molecule has 4 unspecified atom stereocenters. The third-order valence-electron chi connectivity index (χ3n) is 5.05. The SMILES string of the molecule is CC(C(=O)NC1C2CCC(C2)C1C(=O)O)=C1CNC1. The quantitative estimate of drug-likeness (QED) is 0.649. The van der Waals surface area contributed by atoms with Crippen molar-refractivity contribution < 1.29 is 14.7 Å². The number of hydrogen-bond acceptors (Lipinski definition) is 3. The highest BCUT2D eigenvalue weighted by Gasteiger charge is 2.51. The molecule has 1 aliphatic heterocycles. The van der Waals surface area contributed by atoms with Crippen molar-refractivity contribution in [2.75, 3.05) is 13.1 Å². The number of carbonyl (C=O) groups excluding carboxylic acids is 1. The van der Waals surface area contributed by atoms with Gasteiger partial charge in [0.25, 0.3) is 0 Å². The maximum atomic E-state index is 12.2. The van der Waals surface area contributed by atoms with Crippen molar-refractivity contribution in [1.29, 1.82) is 0 Å². The molecule has 0 aromatic heterocycles. The first kappa shape index (κ1) is 12.7. The van der Waals surface area contributed by atoms with E-state index in [1.165, 1.54) is 0 Å². The zero-order valence-corrected chi connectivity index (χ0v) is 11.1. The highest BCUT2D eigenvalue weighted by molar-refractivity contribution is 5.94. The summed E-state index contributed by atoms with van der Waals surface area (Å²) in [5, 5.41) is 15.4. The molecule has 1 heterocycles. The van der Waals surface area contributed by atoms with Crippen molar-refractivity contribution in [3.8, 4) is 0 Å². The Kier molecular flexibility index (Phi) is 3.09. The predicted octanol–water partition coefficient (Wildman–Crippen LogP) is 0.522. The lowest BCUT2D eigenvalue weighted by molar-refractivity contribution is -0.144. The molecule has 3 N–H and O–H groups in total. The van der Waals surface area contributed by atoms with E-state index in [0.717, 1.165) is 43.5 Å². The molecule has 0 aromatic rings. The Bertz CT molecular complexity index is 452. The van der Waals surface area contributed by atoms with Crippen LogP contribution in [0.1, 0.15) is 26.2 Å². The molecule has 1 saturated heterocycles. The molecule has 0 aromatic carbocycles. The Balaban J connectivity index is 1.72. The molecule has 0 radical (unpaired) electrons. The van der Waals surface area contributed by atoms with E-state index in [9.17, 15) is 14.7 Å². The lowest BCUT2D eigenvalue weighted by atomic mass is 9.84. The number of rotatable bonds is 3. The van der Waals surface area contributed by atoms with Crippen molar-refractivity contribution in [3.63, 3.8) is 0 Å². The average molecular weight is 264 g/mol. The third-order valence-corrected chi connectivity index (χ3v) is 5.05. The number of aliphatic carboxylic acids is 1. The van der Waals surface area contributed by atoms with E-state index >= 15 is 0 Å². The minimum atomic E-state index is -0.756. The van der Waals surface area contributed by atoms with E-state index in [2.05, 4.69) is 10.6 Å². The van der Waals surface area contributed by atoms with Crippen LogP contribution < -0.4 is 10.6 Å². The van der Waals surface area contributed by atoms with Crippen LogP contribution in [0.3, 0.4) is 0 Å². The van der Waals surface area contributed by atoms with Gasteiger partial charge in [-0.15, -0.1) is 0 Å². The van der Waals surface area contributed by atoms with Crippen molar-refractivity contribution >= 4 is 11.9 Å². The van der Waals surface area contributed by atoms with Crippen molar-refractivity contribution in [3.05, 3.63) is 11.1 Å². The number of carbonyl (C=O) groups is 2. The summed E-state index contributed by atoms with van der Waals surface area (Å²) in [6.45, 7) is 3.38. The maximum absolute atomic E-state index is 12.2. The number of hydrogen-bond donors (Lipinski definition) is 3. The van der Waals surface area contributed by atoms with Gasteiger partial charge in [0.1, 0.15) is 0 Å². The minimum absolute atomic E-state index is 0.0831. The molecule has 3 fully saturated rings. The molecule has 5 heteroatoms. The topological polar surface area (TPSA) is 78.4 Å². The van der Waals surface area contributed by atoms with E-state index in [-0.39, 0.29) is 23.8 Å². The molecule has 2 aliphatic carbocycles. The fraction of sp³-hybridized carbons (Fsp3) is 0.714. The van der Waals surface area contributed by atoms with Gasteiger partial charge in [-0.25, -0.2) is 0 Å². The van der Waals surface area contributed by atoms with Crippen molar-refractivity contribution in [2.45, 2.75) is 32.2 Å². The third kappa shape index (κ3) is 2.06. The molecule has 2 saturated carbocycles. The number of amides is 1. The van der Waals surface area contributed by atoms with Crippen molar-refractivity contribution in [2.24, 2.45) is 17.8 Å². The van der Waals surface area contributed by atoms with Crippen LogP contribution >= 0.6 is 0 Å². The van der Waals surface area contributed by atoms with Gasteiger partial charge < -0.3 is 15.7 Å². The first-order valence-electron chi connectivity index (χ1n) is 7.01. The Labute approximate surface area is 112 Å². The monoisotopic (exact) mass is 264 g/mol. The van der Waals surface area contributed by atoms with Gasteiger partial charge >= 0.3 is 5.97 Å².